The van der Waals surface area contributed by atoms with Gasteiger partial charge in [0.2, 0.25) is 11.8 Å². The van der Waals surface area contributed by atoms with E-state index in [-0.39, 0.29) is 24.3 Å². The molecule has 0 spiro atoms. The number of carbonyl (C=O) groups is 2. The number of carbonyl (C=O) groups excluding carboxylic acids is 2. The van der Waals surface area contributed by atoms with Crippen molar-refractivity contribution >= 4 is 11.8 Å². The zero-order valence-corrected chi connectivity index (χ0v) is 12.0. The third kappa shape index (κ3) is 6.33. The number of benzene rings is 1. The molecule has 0 aliphatic rings. The molecule has 0 aliphatic heterocycles. The van der Waals surface area contributed by atoms with Crippen molar-refractivity contribution in [2.24, 2.45) is 0 Å². The van der Waals surface area contributed by atoms with Gasteiger partial charge in [-0.2, -0.15) is 0 Å². The number of hydrogen-bond acceptors (Lipinski definition) is 3. The van der Waals surface area contributed by atoms with Crippen LogP contribution in [0.25, 0.3) is 0 Å². The highest BCUT2D eigenvalue weighted by atomic mass is 16.5. The molecule has 20 heavy (non-hydrogen) atoms. The van der Waals surface area contributed by atoms with E-state index in [0.29, 0.717) is 13.2 Å². The molecular formula is C15H22N2O3. The Kier molecular flexibility index (Phi) is 7.35. The van der Waals surface area contributed by atoms with E-state index < -0.39 is 0 Å². The highest BCUT2D eigenvalue weighted by Crippen LogP contribution is 2.10. The first-order valence-corrected chi connectivity index (χ1v) is 6.73. The molecule has 110 valence electrons. The molecule has 5 heteroatoms. The van der Waals surface area contributed by atoms with Crippen molar-refractivity contribution < 1.29 is 14.3 Å². The first kappa shape index (κ1) is 16.2. The zero-order valence-electron chi connectivity index (χ0n) is 12.0. The van der Waals surface area contributed by atoms with Crippen LogP contribution in [0, 0.1) is 0 Å². The van der Waals surface area contributed by atoms with Crippen LogP contribution < -0.4 is 10.6 Å². The number of rotatable bonds is 8. The van der Waals surface area contributed by atoms with Crippen LogP contribution in [0.5, 0.6) is 0 Å². The number of ether oxygens (including phenoxy) is 1. The summed E-state index contributed by atoms with van der Waals surface area (Å²) in [6.45, 7) is 3.01. The third-order valence-corrected chi connectivity index (χ3v) is 2.85. The van der Waals surface area contributed by atoms with Crippen molar-refractivity contribution in [3.8, 4) is 0 Å². The average Bonchev–Trinajstić information content (AvgIpc) is 2.44. The highest BCUT2D eigenvalue weighted by Gasteiger charge is 2.12. The number of hydrogen-bond donors (Lipinski definition) is 2. The maximum absolute atomic E-state index is 11.7. The van der Waals surface area contributed by atoms with Gasteiger partial charge in [0.1, 0.15) is 6.42 Å². The van der Waals surface area contributed by atoms with Crippen LogP contribution in [0.1, 0.15) is 31.4 Å². The Morgan fingerprint density at radius 3 is 2.55 bits per heavy atom. The molecule has 0 bridgehead atoms. The van der Waals surface area contributed by atoms with E-state index in [1.165, 1.54) is 0 Å². The van der Waals surface area contributed by atoms with Crippen LogP contribution in [0.15, 0.2) is 30.3 Å². The predicted octanol–water partition coefficient (Wildman–Crippen LogP) is 1.41. The summed E-state index contributed by atoms with van der Waals surface area (Å²) in [6.07, 6.45) is 0.592. The molecule has 1 aromatic carbocycles. The Balaban J connectivity index is 2.27. The molecule has 2 amide bonds. The molecule has 1 unspecified atom stereocenters. The van der Waals surface area contributed by atoms with Gasteiger partial charge in [-0.15, -0.1) is 0 Å². The fourth-order valence-corrected chi connectivity index (χ4v) is 1.77. The maximum Gasteiger partial charge on any atom is 0.229 e. The molecule has 2 N–H and O–H groups in total. The molecule has 0 aromatic heterocycles. The molecule has 0 fully saturated rings. The second-order valence-electron chi connectivity index (χ2n) is 4.57. The van der Waals surface area contributed by atoms with Crippen molar-refractivity contribution in [3.63, 3.8) is 0 Å². The summed E-state index contributed by atoms with van der Waals surface area (Å²) in [7, 11) is 1.61. The highest BCUT2D eigenvalue weighted by molar-refractivity contribution is 5.96. The Morgan fingerprint density at radius 2 is 1.90 bits per heavy atom. The van der Waals surface area contributed by atoms with Gasteiger partial charge >= 0.3 is 0 Å². The number of amides is 2. The first-order chi connectivity index (χ1) is 9.63. The lowest BCUT2D eigenvalue weighted by molar-refractivity contribution is -0.129. The van der Waals surface area contributed by atoms with Crippen LogP contribution in [0.3, 0.4) is 0 Å². The Bertz CT molecular complexity index is 420. The fourth-order valence-electron chi connectivity index (χ4n) is 1.77. The van der Waals surface area contributed by atoms with Crippen LogP contribution in [-0.4, -0.2) is 32.1 Å². The summed E-state index contributed by atoms with van der Waals surface area (Å²) >= 11 is 0. The number of methoxy groups -OCH3 is 1. The van der Waals surface area contributed by atoms with Gasteiger partial charge in [0.05, 0.1) is 6.04 Å². The number of nitrogens with one attached hydrogen (secondary N) is 2. The third-order valence-electron chi connectivity index (χ3n) is 2.85. The Morgan fingerprint density at radius 1 is 1.20 bits per heavy atom. The minimum Gasteiger partial charge on any atom is -0.385 e. The first-order valence-electron chi connectivity index (χ1n) is 6.73. The fraction of sp³-hybridized carbons (Fsp3) is 0.467. The molecule has 0 aliphatic carbocycles. The van der Waals surface area contributed by atoms with Gasteiger partial charge in [-0.1, -0.05) is 30.3 Å². The lowest BCUT2D eigenvalue weighted by Crippen LogP contribution is -2.33. The SMILES string of the molecule is COCCCNC(=O)CC(=O)NC(C)c1ccccc1. The summed E-state index contributed by atoms with van der Waals surface area (Å²) in [5.74, 6) is -0.538. The van der Waals surface area contributed by atoms with Crippen molar-refractivity contribution in [3.05, 3.63) is 35.9 Å². The zero-order chi connectivity index (χ0) is 14.8. The topological polar surface area (TPSA) is 67.4 Å². The minimum absolute atomic E-state index is 0.106. The maximum atomic E-state index is 11.7. The second-order valence-corrected chi connectivity index (χ2v) is 4.57. The van der Waals surface area contributed by atoms with Crippen molar-refractivity contribution in [2.75, 3.05) is 20.3 Å². The molecule has 1 rings (SSSR count). The van der Waals surface area contributed by atoms with Crippen molar-refractivity contribution in [2.45, 2.75) is 25.8 Å². The van der Waals surface area contributed by atoms with E-state index in [2.05, 4.69) is 10.6 Å². The van der Waals surface area contributed by atoms with Gasteiger partial charge in [0.25, 0.3) is 0 Å². The van der Waals surface area contributed by atoms with Gasteiger partial charge in [0.15, 0.2) is 0 Å². The van der Waals surface area contributed by atoms with E-state index in [4.69, 9.17) is 4.74 Å². The Labute approximate surface area is 119 Å². The summed E-state index contributed by atoms with van der Waals surface area (Å²) in [5, 5.41) is 5.49. The standard InChI is InChI=1S/C15H22N2O3/c1-12(13-7-4-3-5-8-13)17-15(19)11-14(18)16-9-6-10-20-2/h3-5,7-8,12H,6,9-11H2,1-2H3,(H,16,18)(H,17,19). The summed E-state index contributed by atoms with van der Waals surface area (Å²) in [5.41, 5.74) is 1.02. The van der Waals surface area contributed by atoms with Gasteiger partial charge in [-0.3, -0.25) is 9.59 Å². The van der Waals surface area contributed by atoms with Crippen molar-refractivity contribution in [1.29, 1.82) is 0 Å². The lowest BCUT2D eigenvalue weighted by atomic mass is 10.1. The van der Waals surface area contributed by atoms with Gasteiger partial charge in [-0.25, -0.2) is 0 Å². The van der Waals surface area contributed by atoms with Crippen LogP contribution in [-0.2, 0) is 14.3 Å². The van der Waals surface area contributed by atoms with Gasteiger partial charge < -0.3 is 15.4 Å². The summed E-state index contributed by atoms with van der Waals surface area (Å²) in [6, 6.07) is 9.53. The second kappa shape index (κ2) is 9.09. The minimum atomic E-state index is -0.273. The quantitative estimate of drug-likeness (QED) is 0.558. The molecule has 5 nitrogen and oxygen atoms in total. The van der Waals surface area contributed by atoms with E-state index >= 15 is 0 Å². The molecular weight excluding hydrogens is 256 g/mol. The normalized spacial score (nSPS) is 11.7. The van der Waals surface area contributed by atoms with E-state index in [0.717, 1.165) is 12.0 Å². The molecule has 0 saturated carbocycles. The molecule has 1 aromatic rings. The van der Waals surface area contributed by atoms with E-state index in [1.807, 2.05) is 37.3 Å². The lowest BCUT2D eigenvalue weighted by Gasteiger charge is -2.14. The molecule has 0 heterocycles. The monoisotopic (exact) mass is 278 g/mol. The van der Waals surface area contributed by atoms with E-state index in [9.17, 15) is 9.59 Å². The van der Waals surface area contributed by atoms with Crippen LogP contribution in [0.2, 0.25) is 0 Å². The van der Waals surface area contributed by atoms with Crippen LogP contribution >= 0.6 is 0 Å². The van der Waals surface area contributed by atoms with Crippen LogP contribution in [0.4, 0.5) is 0 Å². The average molecular weight is 278 g/mol. The predicted molar refractivity (Wildman–Crippen MR) is 77.1 cm³/mol. The molecule has 1 atom stereocenters. The summed E-state index contributed by atoms with van der Waals surface area (Å²) in [4.78, 5) is 23.3. The van der Waals surface area contributed by atoms with E-state index in [1.54, 1.807) is 7.11 Å². The smallest absolute Gasteiger partial charge is 0.229 e. The Hall–Kier alpha value is -1.88. The van der Waals surface area contributed by atoms with Gasteiger partial charge in [0, 0.05) is 20.3 Å². The molecule has 0 radical (unpaired) electrons. The molecule has 0 saturated heterocycles. The largest absolute Gasteiger partial charge is 0.385 e. The van der Waals surface area contributed by atoms with Gasteiger partial charge in [-0.05, 0) is 18.9 Å². The summed E-state index contributed by atoms with van der Waals surface area (Å²) < 4.78 is 4.88. The van der Waals surface area contributed by atoms with Crippen molar-refractivity contribution in [1.82, 2.24) is 10.6 Å².